The maximum atomic E-state index is 12.3. The van der Waals surface area contributed by atoms with Gasteiger partial charge in [-0.05, 0) is 11.4 Å². The highest BCUT2D eigenvalue weighted by molar-refractivity contribution is 7.10. The van der Waals surface area contributed by atoms with Crippen LogP contribution in [0.15, 0.2) is 41.8 Å². The number of methoxy groups -OCH3 is 1. The summed E-state index contributed by atoms with van der Waals surface area (Å²) in [5, 5.41) is 15.6. The number of esters is 1. The molecule has 2 rings (SSSR count). The van der Waals surface area contributed by atoms with Crippen LogP contribution in [-0.2, 0) is 20.7 Å². The van der Waals surface area contributed by atoms with E-state index < -0.39 is 22.8 Å². The monoisotopic (exact) mass is 348 g/mol. The fourth-order valence-corrected chi connectivity index (χ4v) is 3.00. The quantitative estimate of drug-likeness (QED) is 0.471. The second-order valence-corrected chi connectivity index (χ2v) is 5.96. The van der Waals surface area contributed by atoms with Crippen molar-refractivity contribution in [1.29, 1.82) is 0 Å². The van der Waals surface area contributed by atoms with Crippen molar-refractivity contribution in [3.05, 3.63) is 62.3 Å². The number of nitro benzene ring substituents is 1. The van der Waals surface area contributed by atoms with E-state index in [4.69, 9.17) is 0 Å². The molecule has 126 valence electrons. The molecule has 2 aromatic rings. The summed E-state index contributed by atoms with van der Waals surface area (Å²) in [7, 11) is 1.28. The minimum absolute atomic E-state index is 0.000361. The molecule has 0 aliphatic heterocycles. The number of ether oxygens (including phenoxy) is 1. The maximum absolute atomic E-state index is 12.3. The molecule has 0 saturated heterocycles. The van der Waals surface area contributed by atoms with E-state index in [1.807, 2.05) is 17.5 Å². The number of nitro groups is 1. The van der Waals surface area contributed by atoms with E-state index in [9.17, 15) is 19.7 Å². The number of rotatable bonds is 7. The van der Waals surface area contributed by atoms with Crippen LogP contribution in [0.2, 0.25) is 0 Å². The summed E-state index contributed by atoms with van der Waals surface area (Å²) in [5.74, 6) is -0.842. The van der Waals surface area contributed by atoms with E-state index in [2.05, 4.69) is 10.1 Å². The zero-order valence-electron chi connectivity index (χ0n) is 12.9. The molecule has 1 amide bonds. The summed E-state index contributed by atoms with van der Waals surface area (Å²) in [6, 6.07) is 9.19. The van der Waals surface area contributed by atoms with Gasteiger partial charge in [-0.1, -0.05) is 24.3 Å². The van der Waals surface area contributed by atoms with E-state index in [0.29, 0.717) is 5.56 Å². The number of benzene rings is 1. The highest BCUT2D eigenvalue weighted by Gasteiger charge is 2.22. The fraction of sp³-hybridized carbons (Fsp3) is 0.250. The number of nitrogens with zero attached hydrogens (tertiary/aromatic N) is 1. The van der Waals surface area contributed by atoms with Crippen LogP contribution in [-0.4, -0.2) is 23.9 Å². The van der Waals surface area contributed by atoms with E-state index in [0.717, 1.165) is 4.88 Å². The summed E-state index contributed by atoms with van der Waals surface area (Å²) in [5.41, 5.74) is 0.219. The van der Waals surface area contributed by atoms with Crippen molar-refractivity contribution in [1.82, 2.24) is 5.32 Å². The van der Waals surface area contributed by atoms with Gasteiger partial charge in [0.1, 0.15) is 0 Å². The fourth-order valence-electron chi connectivity index (χ4n) is 2.22. The summed E-state index contributed by atoms with van der Waals surface area (Å²) in [6.07, 6.45) is -0.139. The smallest absolute Gasteiger partial charge is 0.307 e. The van der Waals surface area contributed by atoms with E-state index >= 15 is 0 Å². The molecular formula is C16H16N2O5S. The van der Waals surface area contributed by atoms with Crippen LogP contribution < -0.4 is 5.32 Å². The molecule has 0 fully saturated rings. The van der Waals surface area contributed by atoms with Gasteiger partial charge in [-0.15, -0.1) is 11.3 Å². The van der Waals surface area contributed by atoms with Gasteiger partial charge in [0.05, 0.1) is 30.9 Å². The first-order chi connectivity index (χ1) is 11.5. The van der Waals surface area contributed by atoms with Gasteiger partial charge >= 0.3 is 5.97 Å². The Balaban J connectivity index is 2.11. The number of amides is 1. The number of para-hydroxylation sites is 1. The SMILES string of the molecule is COC(=O)CC(NC(=O)Cc1ccccc1[N+](=O)[O-])c1cccs1. The zero-order chi connectivity index (χ0) is 17.5. The molecule has 7 nitrogen and oxygen atoms in total. The van der Waals surface area contributed by atoms with Crippen molar-refractivity contribution >= 4 is 28.9 Å². The van der Waals surface area contributed by atoms with Crippen molar-refractivity contribution in [3.63, 3.8) is 0 Å². The van der Waals surface area contributed by atoms with Crippen LogP contribution in [0.5, 0.6) is 0 Å². The van der Waals surface area contributed by atoms with Crippen molar-refractivity contribution in [2.75, 3.05) is 7.11 Å². The van der Waals surface area contributed by atoms with Crippen LogP contribution in [0, 0.1) is 10.1 Å². The maximum Gasteiger partial charge on any atom is 0.307 e. The second kappa shape index (κ2) is 8.21. The Labute approximate surface area is 142 Å². The van der Waals surface area contributed by atoms with Crippen LogP contribution in [0.4, 0.5) is 5.69 Å². The Bertz CT molecular complexity index is 730. The number of nitrogens with one attached hydrogen (secondary N) is 1. The summed E-state index contributed by atoms with van der Waals surface area (Å²) < 4.78 is 4.65. The number of thiophene rings is 1. The Kier molecular flexibility index (Phi) is 6.02. The third-order valence-corrected chi connectivity index (χ3v) is 4.35. The number of hydrogen-bond donors (Lipinski definition) is 1. The molecule has 1 N–H and O–H groups in total. The lowest BCUT2D eigenvalue weighted by Crippen LogP contribution is -2.31. The summed E-state index contributed by atoms with van der Waals surface area (Å²) in [4.78, 5) is 35.1. The number of hydrogen-bond acceptors (Lipinski definition) is 6. The average Bonchev–Trinajstić information content (AvgIpc) is 3.08. The third kappa shape index (κ3) is 4.63. The van der Waals surface area contributed by atoms with Gasteiger partial charge in [-0.25, -0.2) is 0 Å². The molecule has 0 saturated carbocycles. The van der Waals surface area contributed by atoms with Crippen LogP contribution in [0.3, 0.4) is 0 Å². The number of carbonyl (C=O) groups excluding carboxylic acids is 2. The lowest BCUT2D eigenvalue weighted by Gasteiger charge is -2.16. The van der Waals surface area contributed by atoms with Gasteiger partial charge in [0.15, 0.2) is 0 Å². The van der Waals surface area contributed by atoms with Crippen molar-refractivity contribution in [2.45, 2.75) is 18.9 Å². The lowest BCUT2D eigenvalue weighted by atomic mass is 10.1. The predicted molar refractivity (Wildman–Crippen MR) is 88.6 cm³/mol. The molecule has 0 aliphatic carbocycles. The van der Waals surface area contributed by atoms with Crippen molar-refractivity contribution < 1.29 is 19.2 Å². The molecule has 0 radical (unpaired) electrons. The Morgan fingerprint density at radius 2 is 2.04 bits per heavy atom. The van der Waals surface area contributed by atoms with Crippen LogP contribution in [0.1, 0.15) is 22.9 Å². The largest absolute Gasteiger partial charge is 0.469 e. The van der Waals surface area contributed by atoms with Crippen LogP contribution in [0.25, 0.3) is 0 Å². The molecule has 8 heteroatoms. The van der Waals surface area contributed by atoms with E-state index in [1.54, 1.807) is 12.1 Å². The van der Waals surface area contributed by atoms with Gasteiger partial charge in [-0.3, -0.25) is 19.7 Å². The second-order valence-electron chi connectivity index (χ2n) is 4.98. The normalized spacial score (nSPS) is 11.5. The topological polar surface area (TPSA) is 98.5 Å². The molecule has 1 atom stereocenters. The Morgan fingerprint density at radius 1 is 1.29 bits per heavy atom. The highest BCUT2D eigenvalue weighted by Crippen LogP contribution is 2.23. The molecule has 1 unspecified atom stereocenters. The first kappa shape index (κ1) is 17.6. The zero-order valence-corrected chi connectivity index (χ0v) is 13.7. The van der Waals surface area contributed by atoms with E-state index in [1.165, 1.54) is 30.6 Å². The first-order valence-electron chi connectivity index (χ1n) is 7.13. The van der Waals surface area contributed by atoms with E-state index in [-0.39, 0.29) is 18.5 Å². The van der Waals surface area contributed by atoms with Gasteiger partial charge in [0.2, 0.25) is 5.91 Å². The third-order valence-electron chi connectivity index (χ3n) is 3.36. The van der Waals surface area contributed by atoms with Gasteiger partial charge in [0, 0.05) is 16.5 Å². The predicted octanol–water partition coefficient (Wildman–Crippen LogP) is 2.62. The standard InChI is InChI=1S/C16H16N2O5S/c1-23-16(20)10-12(14-7-4-8-24-14)17-15(19)9-11-5-2-3-6-13(11)18(21)22/h2-8,12H,9-10H2,1H3,(H,17,19). The van der Waals surface area contributed by atoms with Crippen molar-refractivity contribution in [2.24, 2.45) is 0 Å². The highest BCUT2D eigenvalue weighted by atomic mass is 32.1. The lowest BCUT2D eigenvalue weighted by molar-refractivity contribution is -0.385. The Morgan fingerprint density at radius 3 is 2.67 bits per heavy atom. The Hall–Kier alpha value is -2.74. The number of carbonyl (C=O) groups is 2. The van der Waals surface area contributed by atoms with Gasteiger partial charge in [-0.2, -0.15) is 0 Å². The molecule has 0 spiro atoms. The summed E-state index contributed by atoms with van der Waals surface area (Å²) >= 11 is 1.41. The van der Waals surface area contributed by atoms with Crippen LogP contribution >= 0.6 is 11.3 Å². The molecule has 0 aliphatic rings. The minimum Gasteiger partial charge on any atom is -0.469 e. The first-order valence-corrected chi connectivity index (χ1v) is 8.01. The van der Waals surface area contributed by atoms with Crippen molar-refractivity contribution in [3.8, 4) is 0 Å². The molecule has 1 aromatic carbocycles. The van der Waals surface area contributed by atoms with Gasteiger partial charge in [0.25, 0.3) is 5.69 Å². The summed E-state index contributed by atoms with van der Waals surface area (Å²) in [6.45, 7) is 0. The van der Waals surface area contributed by atoms with Gasteiger partial charge < -0.3 is 10.1 Å². The molecular weight excluding hydrogens is 332 g/mol. The average molecular weight is 348 g/mol. The molecule has 24 heavy (non-hydrogen) atoms. The molecule has 0 bridgehead atoms. The molecule has 1 aromatic heterocycles. The molecule has 1 heterocycles. The minimum atomic E-state index is -0.521.